The summed E-state index contributed by atoms with van der Waals surface area (Å²) in [4.78, 5) is 25.8. The van der Waals surface area contributed by atoms with E-state index in [0.29, 0.717) is 12.2 Å². The van der Waals surface area contributed by atoms with Crippen molar-refractivity contribution in [3.8, 4) is 0 Å². The summed E-state index contributed by atoms with van der Waals surface area (Å²) >= 11 is 0. The molecule has 1 aromatic carbocycles. The van der Waals surface area contributed by atoms with Gasteiger partial charge in [-0.3, -0.25) is 9.48 Å². The molecule has 2 heterocycles. The van der Waals surface area contributed by atoms with E-state index in [1.165, 1.54) is 11.6 Å². The predicted molar refractivity (Wildman–Crippen MR) is 88.6 cm³/mol. The Hall–Kier alpha value is -2.63. The Labute approximate surface area is 140 Å². The Kier molecular flexibility index (Phi) is 4.64. The minimum absolute atomic E-state index is 0.0505. The number of benzene rings is 1. The average molecular weight is 327 g/mol. The van der Waals surface area contributed by atoms with E-state index in [0.717, 1.165) is 24.8 Å². The van der Waals surface area contributed by atoms with Gasteiger partial charge < -0.3 is 10.0 Å². The summed E-state index contributed by atoms with van der Waals surface area (Å²) in [6.45, 7) is 2.23. The van der Waals surface area contributed by atoms with E-state index in [1.807, 2.05) is 35.2 Å². The van der Waals surface area contributed by atoms with Crippen LogP contribution in [0.5, 0.6) is 0 Å². The Morgan fingerprint density at radius 1 is 1.21 bits per heavy atom. The maximum Gasteiger partial charge on any atom is 0.328 e. The van der Waals surface area contributed by atoms with Crippen molar-refractivity contribution in [2.75, 3.05) is 6.54 Å². The smallest absolute Gasteiger partial charge is 0.328 e. The summed E-state index contributed by atoms with van der Waals surface area (Å²) in [5.41, 5.74) is 1.43. The van der Waals surface area contributed by atoms with Gasteiger partial charge in [0.2, 0.25) is 0 Å². The maximum absolute atomic E-state index is 12.9. The van der Waals surface area contributed by atoms with Gasteiger partial charge in [0.1, 0.15) is 11.7 Å². The summed E-state index contributed by atoms with van der Waals surface area (Å²) in [5.74, 6) is -1.11. The van der Waals surface area contributed by atoms with Crippen molar-refractivity contribution in [1.82, 2.24) is 14.7 Å². The molecule has 6 nitrogen and oxygen atoms in total. The highest BCUT2D eigenvalue weighted by atomic mass is 16.4. The molecular formula is C18H21N3O3. The summed E-state index contributed by atoms with van der Waals surface area (Å²) in [6.07, 6.45) is 4.55. The zero-order chi connectivity index (χ0) is 17.1. The van der Waals surface area contributed by atoms with Gasteiger partial charge in [0.25, 0.3) is 5.91 Å². The number of carboxylic acids is 1. The molecule has 1 saturated heterocycles. The quantitative estimate of drug-likeness (QED) is 0.937. The van der Waals surface area contributed by atoms with E-state index in [4.69, 9.17) is 5.11 Å². The van der Waals surface area contributed by atoms with E-state index < -0.39 is 12.0 Å². The van der Waals surface area contributed by atoms with Crippen molar-refractivity contribution < 1.29 is 14.7 Å². The molecule has 0 saturated carbocycles. The van der Waals surface area contributed by atoms with Gasteiger partial charge in [0, 0.05) is 12.7 Å². The van der Waals surface area contributed by atoms with Gasteiger partial charge in [-0.15, -0.1) is 0 Å². The van der Waals surface area contributed by atoms with Crippen LogP contribution < -0.4 is 0 Å². The fourth-order valence-corrected chi connectivity index (χ4v) is 3.12. The highest BCUT2D eigenvalue weighted by Crippen LogP contribution is 2.31. The third-order valence-corrected chi connectivity index (χ3v) is 4.53. The number of rotatable bonds is 4. The van der Waals surface area contributed by atoms with Crippen molar-refractivity contribution in [1.29, 1.82) is 0 Å². The number of aliphatic carboxylic acids is 1. The molecular weight excluding hydrogens is 306 g/mol. The first-order chi connectivity index (χ1) is 11.6. The number of hydrogen-bond acceptors (Lipinski definition) is 3. The summed E-state index contributed by atoms with van der Waals surface area (Å²) < 4.78 is 1.32. The topological polar surface area (TPSA) is 75.4 Å². The molecule has 1 aliphatic heterocycles. The largest absolute Gasteiger partial charge is 0.480 e. The van der Waals surface area contributed by atoms with Gasteiger partial charge in [0.15, 0.2) is 0 Å². The number of likely N-dealkylation sites (tertiary alicyclic amines) is 1. The summed E-state index contributed by atoms with van der Waals surface area (Å²) in [6, 6.07) is 10.9. The molecule has 0 aliphatic carbocycles. The first-order valence-electron chi connectivity index (χ1n) is 8.22. The van der Waals surface area contributed by atoms with Crippen molar-refractivity contribution in [3.05, 3.63) is 53.9 Å². The number of nitrogens with zero attached hydrogens (tertiary/aromatic N) is 3. The van der Waals surface area contributed by atoms with Crippen molar-refractivity contribution in [2.45, 2.75) is 38.3 Å². The molecule has 2 aromatic rings. The molecule has 0 radical (unpaired) electrons. The third-order valence-electron chi connectivity index (χ3n) is 4.53. The molecule has 1 amide bonds. The molecule has 0 bridgehead atoms. The van der Waals surface area contributed by atoms with Gasteiger partial charge in [-0.25, -0.2) is 4.79 Å². The van der Waals surface area contributed by atoms with E-state index in [1.54, 1.807) is 12.3 Å². The van der Waals surface area contributed by atoms with Gasteiger partial charge in [-0.2, -0.15) is 5.10 Å². The fraction of sp³-hybridized carbons (Fsp3) is 0.389. The fourth-order valence-electron chi connectivity index (χ4n) is 3.12. The van der Waals surface area contributed by atoms with Crippen LogP contribution in [0.25, 0.3) is 0 Å². The number of carbonyl (C=O) groups is 2. The normalized spacial score (nSPS) is 19.0. The van der Waals surface area contributed by atoms with Crippen LogP contribution in [0.3, 0.4) is 0 Å². The molecule has 0 spiro atoms. The second kappa shape index (κ2) is 6.86. The Balaban J connectivity index is 1.83. The van der Waals surface area contributed by atoms with Crippen LogP contribution in [0.1, 0.15) is 54.3 Å². The third kappa shape index (κ3) is 3.18. The molecule has 1 N–H and O–H groups in total. The number of hydrogen-bond donors (Lipinski definition) is 1. The lowest BCUT2D eigenvalue weighted by atomic mass is 9.95. The Morgan fingerprint density at radius 3 is 2.67 bits per heavy atom. The van der Waals surface area contributed by atoms with E-state index in [2.05, 4.69) is 5.10 Å². The van der Waals surface area contributed by atoms with Crippen LogP contribution in [-0.2, 0) is 4.79 Å². The average Bonchev–Trinajstić information content (AvgIpc) is 3.11. The van der Waals surface area contributed by atoms with E-state index >= 15 is 0 Å². The van der Waals surface area contributed by atoms with E-state index in [-0.39, 0.29) is 11.9 Å². The standard InChI is InChI=1S/C18H21N3O3/c1-13(18(23)24)21-12-10-15(19-21)17(22)20-11-6-5-9-16(20)14-7-3-2-4-8-14/h2-4,7-8,10,12-13,16H,5-6,9,11H2,1H3,(H,23,24). The summed E-state index contributed by atoms with van der Waals surface area (Å²) in [7, 11) is 0. The maximum atomic E-state index is 12.9. The number of aromatic nitrogens is 2. The van der Waals surface area contributed by atoms with Gasteiger partial charge >= 0.3 is 5.97 Å². The van der Waals surface area contributed by atoms with Crippen LogP contribution in [-0.4, -0.2) is 38.2 Å². The van der Waals surface area contributed by atoms with Crippen LogP contribution in [0.4, 0.5) is 0 Å². The first-order valence-corrected chi connectivity index (χ1v) is 8.22. The molecule has 3 rings (SSSR count). The van der Waals surface area contributed by atoms with Gasteiger partial charge in [-0.1, -0.05) is 30.3 Å². The predicted octanol–water partition coefficient (Wildman–Crippen LogP) is 2.90. The van der Waals surface area contributed by atoms with Crippen molar-refractivity contribution in [3.63, 3.8) is 0 Å². The lowest BCUT2D eigenvalue weighted by molar-refractivity contribution is -0.140. The molecule has 2 unspecified atom stereocenters. The zero-order valence-corrected chi connectivity index (χ0v) is 13.6. The van der Waals surface area contributed by atoms with Crippen LogP contribution in [0.2, 0.25) is 0 Å². The number of amides is 1. The Morgan fingerprint density at radius 2 is 1.96 bits per heavy atom. The number of piperidine rings is 1. The van der Waals surface area contributed by atoms with Gasteiger partial charge in [-0.05, 0) is 37.8 Å². The molecule has 1 aliphatic rings. The highest BCUT2D eigenvalue weighted by Gasteiger charge is 2.30. The molecule has 126 valence electrons. The summed E-state index contributed by atoms with van der Waals surface area (Å²) in [5, 5.41) is 13.2. The molecule has 2 atom stereocenters. The second-order valence-corrected chi connectivity index (χ2v) is 6.12. The number of carboxylic acid groups (broad SMARTS) is 1. The second-order valence-electron chi connectivity index (χ2n) is 6.12. The number of carbonyl (C=O) groups excluding carboxylic acids is 1. The monoisotopic (exact) mass is 327 g/mol. The lowest BCUT2D eigenvalue weighted by Gasteiger charge is -2.35. The first kappa shape index (κ1) is 16.2. The molecule has 1 fully saturated rings. The highest BCUT2D eigenvalue weighted by molar-refractivity contribution is 5.92. The van der Waals surface area contributed by atoms with Crippen LogP contribution >= 0.6 is 0 Å². The minimum Gasteiger partial charge on any atom is -0.480 e. The SMILES string of the molecule is CC(C(=O)O)n1ccc(C(=O)N2CCCCC2c2ccccc2)n1. The van der Waals surface area contributed by atoms with Gasteiger partial charge in [0.05, 0.1) is 6.04 Å². The van der Waals surface area contributed by atoms with Crippen LogP contribution in [0, 0.1) is 0 Å². The molecule has 24 heavy (non-hydrogen) atoms. The van der Waals surface area contributed by atoms with Crippen molar-refractivity contribution in [2.24, 2.45) is 0 Å². The molecule has 1 aromatic heterocycles. The zero-order valence-electron chi connectivity index (χ0n) is 13.6. The molecule has 6 heteroatoms. The van der Waals surface area contributed by atoms with E-state index in [9.17, 15) is 9.59 Å². The van der Waals surface area contributed by atoms with Crippen molar-refractivity contribution >= 4 is 11.9 Å². The Bertz CT molecular complexity index is 726. The van der Waals surface area contributed by atoms with Crippen LogP contribution in [0.15, 0.2) is 42.6 Å². The lowest BCUT2D eigenvalue weighted by Crippen LogP contribution is -2.38. The minimum atomic E-state index is -0.975.